The van der Waals surface area contributed by atoms with Crippen molar-refractivity contribution < 1.29 is 8.42 Å². The highest BCUT2D eigenvalue weighted by Crippen LogP contribution is 2.27. The van der Waals surface area contributed by atoms with E-state index in [0.717, 1.165) is 9.65 Å². The van der Waals surface area contributed by atoms with Gasteiger partial charge in [0.2, 0.25) is 0 Å². The third kappa shape index (κ3) is 3.60. The number of nitrogens with one attached hydrogen (secondary N) is 1. The second-order valence-electron chi connectivity index (χ2n) is 5.80. The molecule has 136 valence electrons. The molecule has 27 heavy (non-hydrogen) atoms. The van der Waals surface area contributed by atoms with Gasteiger partial charge in [-0.3, -0.25) is 0 Å². The molecule has 4 aromatic rings. The van der Waals surface area contributed by atoms with Crippen LogP contribution >= 0.6 is 11.3 Å². The number of aromatic nitrogens is 4. The molecule has 3 heterocycles. The topological polar surface area (TPSA) is 89.8 Å². The molecule has 9 heteroatoms. The van der Waals surface area contributed by atoms with E-state index in [-0.39, 0.29) is 4.90 Å². The van der Waals surface area contributed by atoms with E-state index in [4.69, 9.17) is 0 Å². The van der Waals surface area contributed by atoms with Crippen molar-refractivity contribution in [3.05, 3.63) is 72.0 Å². The second kappa shape index (κ2) is 6.93. The lowest BCUT2D eigenvalue weighted by Gasteiger charge is -2.04. The Hall–Kier alpha value is -3.04. The summed E-state index contributed by atoms with van der Waals surface area (Å²) in [6, 6.07) is 12.2. The molecule has 0 aliphatic heterocycles. The van der Waals surface area contributed by atoms with Crippen LogP contribution in [0, 0.1) is 6.92 Å². The Morgan fingerprint density at radius 2 is 1.93 bits per heavy atom. The van der Waals surface area contributed by atoms with Gasteiger partial charge >= 0.3 is 0 Å². The van der Waals surface area contributed by atoms with Crippen molar-refractivity contribution in [1.82, 2.24) is 19.2 Å². The summed E-state index contributed by atoms with van der Waals surface area (Å²) in [5, 5.41) is 9.63. The molecule has 0 aliphatic carbocycles. The van der Waals surface area contributed by atoms with Crippen molar-refractivity contribution in [2.24, 2.45) is 0 Å². The minimum Gasteiger partial charge on any atom is -0.316 e. The largest absolute Gasteiger partial charge is 0.316 e. The first-order valence-corrected chi connectivity index (χ1v) is 10.4. The smallest absolute Gasteiger partial charge is 0.282 e. The zero-order valence-electron chi connectivity index (χ0n) is 14.3. The van der Waals surface area contributed by atoms with Crippen molar-refractivity contribution in [3.63, 3.8) is 0 Å². The lowest BCUT2D eigenvalue weighted by Crippen LogP contribution is -2.13. The van der Waals surface area contributed by atoms with Crippen LogP contribution in [0.2, 0.25) is 0 Å². The molecule has 1 N–H and O–H groups in total. The molecule has 0 unspecified atom stereocenters. The molecule has 0 aliphatic rings. The Morgan fingerprint density at radius 1 is 1.11 bits per heavy atom. The third-order valence-electron chi connectivity index (χ3n) is 3.83. The average molecular weight is 397 g/mol. The van der Waals surface area contributed by atoms with Gasteiger partial charge in [0, 0.05) is 17.1 Å². The van der Waals surface area contributed by atoms with Gasteiger partial charge in [0.15, 0.2) is 5.13 Å². The van der Waals surface area contributed by atoms with Gasteiger partial charge in [-0.05, 0) is 31.2 Å². The lowest BCUT2D eigenvalue weighted by atomic mass is 10.2. The minimum absolute atomic E-state index is 0.193. The maximum atomic E-state index is 12.7. The summed E-state index contributed by atoms with van der Waals surface area (Å²) >= 11 is 1.41. The molecular weight excluding hydrogens is 382 g/mol. The summed E-state index contributed by atoms with van der Waals surface area (Å²) in [5.74, 6) is 0.691. The van der Waals surface area contributed by atoms with Crippen LogP contribution < -0.4 is 5.32 Å². The molecule has 0 bridgehead atoms. The molecule has 0 spiro atoms. The molecule has 3 aromatic heterocycles. The number of hydrogen-bond acceptors (Lipinski definition) is 7. The van der Waals surface area contributed by atoms with E-state index < -0.39 is 10.0 Å². The zero-order valence-corrected chi connectivity index (χ0v) is 15.9. The normalized spacial score (nSPS) is 11.4. The standard InChI is InChI=1S/C18H15N5O2S2/c1-13-5-7-15(8-6-13)27(24,25)23-11-14(10-20-23)16-12-26-18(21-16)22-17-4-2-3-9-19-17/h2-12H,1H3,(H,19,21,22). The molecule has 1 aromatic carbocycles. The fourth-order valence-electron chi connectivity index (χ4n) is 2.40. The van der Waals surface area contributed by atoms with E-state index in [1.165, 1.54) is 23.7 Å². The van der Waals surface area contributed by atoms with Crippen LogP contribution in [0.25, 0.3) is 11.3 Å². The van der Waals surface area contributed by atoms with Gasteiger partial charge in [0.1, 0.15) is 5.82 Å². The maximum Gasteiger partial charge on any atom is 0.282 e. The summed E-state index contributed by atoms with van der Waals surface area (Å²) in [5.41, 5.74) is 2.25. The van der Waals surface area contributed by atoms with Crippen molar-refractivity contribution in [1.29, 1.82) is 0 Å². The van der Waals surface area contributed by atoms with Crippen molar-refractivity contribution in [2.75, 3.05) is 5.32 Å². The first kappa shape index (κ1) is 17.4. The van der Waals surface area contributed by atoms with Gasteiger partial charge in [-0.2, -0.15) is 17.6 Å². The molecule has 0 atom stereocenters. The van der Waals surface area contributed by atoms with Crippen molar-refractivity contribution in [2.45, 2.75) is 11.8 Å². The van der Waals surface area contributed by atoms with E-state index in [9.17, 15) is 8.42 Å². The van der Waals surface area contributed by atoms with Crippen molar-refractivity contribution in [3.8, 4) is 11.3 Å². The number of aryl methyl sites for hydroxylation is 1. The number of hydrogen-bond donors (Lipinski definition) is 1. The van der Waals surface area contributed by atoms with Gasteiger partial charge in [-0.1, -0.05) is 23.8 Å². The summed E-state index contributed by atoms with van der Waals surface area (Å²) in [4.78, 5) is 8.86. The molecule has 0 fully saturated rings. The predicted molar refractivity (Wildman–Crippen MR) is 105 cm³/mol. The maximum absolute atomic E-state index is 12.7. The van der Waals surface area contributed by atoms with Gasteiger partial charge in [0.05, 0.1) is 23.0 Å². The highest BCUT2D eigenvalue weighted by Gasteiger charge is 2.19. The Kier molecular flexibility index (Phi) is 4.46. The van der Waals surface area contributed by atoms with Gasteiger partial charge < -0.3 is 5.32 Å². The zero-order chi connectivity index (χ0) is 18.9. The van der Waals surface area contributed by atoms with Crippen LogP contribution in [-0.4, -0.2) is 27.6 Å². The molecular formula is C18H15N5O2S2. The molecule has 0 amide bonds. The fourth-order valence-corrected chi connectivity index (χ4v) is 4.24. The third-order valence-corrected chi connectivity index (χ3v) is 6.14. The van der Waals surface area contributed by atoms with E-state index in [2.05, 4.69) is 20.4 Å². The van der Waals surface area contributed by atoms with E-state index >= 15 is 0 Å². The van der Waals surface area contributed by atoms with E-state index in [1.54, 1.807) is 30.5 Å². The van der Waals surface area contributed by atoms with Gasteiger partial charge in [0.25, 0.3) is 10.0 Å². The van der Waals surface area contributed by atoms with Crippen LogP contribution in [0.4, 0.5) is 10.9 Å². The molecule has 0 saturated carbocycles. The average Bonchev–Trinajstić information content (AvgIpc) is 3.32. The fraction of sp³-hybridized carbons (Fsp3) is 0.0556. The predicted octanol–water partition coefficient (Wildman–Crippen LogP) is 3.69. The van der Waals surface area contributed by atoms with E-state index in [0.29, 0.717) is 22.2 Å². The van der Waals surface area contributed by atoms with Crippen molar-refractivity contribution >= 4 is 32.3 Å². The molecule has 4 rings (SSSR count). The second-order valence-corrected chi connectivity index (χ2v) is 8.45. The minimum atomic E-state index is -3.73. The van der Waals surface area contributed by atoms with E-state index in [1.807, 2.05) is 30.5 Å². The number of thiazole rings is 1. The highest BCUT2D eigenvalue weighted by atomic mass is 32.2. The van der Waals surface area contributed by atoms with Crippen LogP contribution in [-0.2, 0) is 10.0 Å². The van der Waals surface area contributed by atoms with Crippen LogP contribution in [0.3, 0.4) is 0 Å². The van der Waals surface area contributed by atoms with Gasteiger partial charge in [-0.15, -0.1) is 11.3 Å². The molecule has 0 saturated heterocycles. The summed E-state index contributed by atoms with van der Waals surface area (Å²) < 4.78 is 26.4. The first-order valence-electron chi connectivity index (χ1n) is 8.03. The molecule has 7 nitrogen and oxygen atoms in total. The Bertz CT molecular complexity index is 1170. The Labute approximate surface area is 160 Å². The highest BCUT2D eigenvalue weighted by molar-refractivity contribution is 7.89. The molecule has 0 radical (unpaired) electrons. The SMILES string of the molecule is Cc1ccc(S(=O)(=O)n2cc(-c3csc(Nc4ccccn4)n3)cn2)cc1. The quantitative estimate of drug-likeness (QED) is 0.552. The van der Waals surface area contributed by atoms with Crippen LogP contribution in [0.5, 0.6) is 0 Å². The lowest BCUT2D eigenvalue weighted by molar-refractivity contribution is 0.580. The van der Waals surface area contributed by atoms with Crippen LogP contribution in [0.1, 0.15) is 5.56 Å². The Morgan fingerprint density at radius 3 is 2.67 bits per heavy atom. The van der Waals surface area contributed by atoms with Crippen LogP contribution in [0.15, 0.2) is 71.3 Å². The van der Waals surface area contributed by atoms with Gasteiger partial charge in [-0.25, -0.2) is 9.97 Å². The number of nitrogens with zero attached hydrogens (tertiary/aromatic N) is 4. The number of rotatable bonds is 5. The Balaban J connectivity index is 1.59. The summed E-state index contributed by atoms with van der Waals surface area (Å²) in [7, 11) is -3.73. The number of pyridine rings is 1. The summed E-state index contributed by atoms with van der Waals surface area (Å²) in [6.07, 6.45) is 4.65. The first-order chi connectivity index (χ1) is 13.0. The summed E-state index contributed by atoms with van der Waals surface area (Å²) in [6.45, 7) is 1.90. The monoisotopic (exact) mass is 397 g/mol. The number of benzene rings is 1. The number of anilines is 2.